The van der Waals surface area contributed by atoms with E-state index in [2.05, 4.69) is 47.8 Å². The average Bonchev–Trinajstić information content (AvgIpc) is 2.62. The van der Waals surface area contributed by atoms with Crippen LogP contribution in [0.3, 0.4) is 0 Å². The molecule has 0 aliphatic carbocycles. The van der Waals surface area contributed by atoms with Crippen molar-refractivity contribution in [3.05, 3.63) is 53.3 Å². The normalized spacial score (nSPS) is 10.7. The Balaban J connectivity index is 2.24. The Bertz CT molecular complexity index is 609. The summed E-state index contributed by atoms with van der Waals surface area (Å²) in [7, 11) is 0. The highest BCUT2D eigenvalue weighted by molar-refractivity contribution is 9.12. The van der Waals surface area contributed by atoms with E-state index in [4.69, 9.17) is 0 Å². The molecule has 0 N–H and O–H groups in total. The van der Waals surface area contributed by atoms with Gasteiger partial charge in [-0.2, -0.15) is 0 Å². The second-order valence-corrected chi connectivity index (χ2v) is 8.18. The molecule has 0 saturated carbocycles. The Labute approximate surface area is 133 Å². The average molecular weight is 457 g/mol. The third-order valence-corrected chi connectivity index (χ3v) is 5.40. The Hall–Kier alpha value is -0.0400. The van der Waals surface area contributed by atoms with Crippen molar-refractivity contribution < 1.29 is 9.18 Å². The summed E-state index contributed by atoms with van der Waals surface area (Å²) < 4.78 is 15.3. The van der Waals surface area contributed by atoms with Gasteiger partial charge in [-0.15, -0.1) is 11.3 Å². The first-order valence-corrected chi connectivity index (χ1v) is 8.09. The van der Waals surface area contributed by atoms with Gasteiger partial charge in [0.2, 0.25) is 0 Å². The molecule has 1 nitrogen and oxygen atoms in total. The number of thiophene rings is 1. The predicted octanol–water partition coefficient (Wildman–Crippen LogP) is 5.60. The minimum atomic E-state index is -0.322. The van der Waals surface area contributed by atoms with Gasteiger partial charge in [0.25, 0.3) is 0 Å². The highest BCUT2D eigenvalue weighted by Gasteiger charge is 2.15. The molecule has 0 bridgehead atoms. The molecule has 1 aromatic heterocycles. The van der Waals surface area contributed by atoms with Crippen LogP contribution in [0.2, 0.25) is 0 Å². The van der Waals surface area contributed by atoms with E-state index in [1.165, 1.54) is 23.5 Å². The maximum Gasteiger partial charge on any atom is 0.169 e. The summed E-state index contributed by atoms with van der Waals surface area (Å²) in [5, 5.41) is 0. The molecule has 0 radical (unpaired) electrons. The minimum Gasteiger partial charge on any atom is -0.294 e. The van der Waals surface area contributed by atoms with Crippen LogP contribution >= 0.6 is 59.1 Å². The molecule has 1 heterocycles. The molecule has 0 atom stereocenters. The number of hydrogen-bond acceptors (Lipinski definition) is 2. The summed E-state index contributed by atoms with van der Waals surface area (Å²) in [6.45, 7) is 0. The molecule has 0 spiro atoms. The van der Waals surface area contributed by atoms with Gasteiger partial charge < -0.3 is 0 Å². The molecule has 0 amide bonds. The number of rotatable bonds is 3. The summed E-state index contributed by atoms with van der Waals surface area (Å²) in [6, 6.07) is 6.12. The number of carbonyl (C=O) groups excluding carboxylic acids is 1. The second kappa shape index (κ2) is 5.94. The first-order chi connectivity index (χ1) is 8.47. The Morgan fingerprint density at radius 1 is 1.22 bits per heavy atom. The lowest BCUT2D eigenvalue weighted by atomic mass is 10.1. The summed E-state index contributed by atoms with van der Waals surface area (Å²) in [6.07, 6.45) is 0.239. The van der Waals surface area contributed by atoms with Crippen LogP contribution < -0.4 is 0 Å². The molecule has 2 aromatic rings. The van der Waals surface area contributed by atoms with E-state index in [0.717, 1.165) is 13.1 Å². The molecule has 0 aliphatic rings. The highest BCUT2D eigenvalue weighted by atomic mass is 79.9. The first kappa shape index (κ1) is 14.4. The van der Waals surface area contributed by atoms with Gasteiger partial charge in [0.1, 0.15) is 5.82 Å². The largest absolute Gasteiger partial charge is 0.294 e. The van der Waals surface area contributed by atoms with Crippen LogP contribution in [-0.2, 0) is 6.42 Å². The maximum atomic E-state index is 12.9. The minimum absolute atomic E-state index is 0.00358. The Morgan fingerprint density at radius 2 is 1.94 bits per heavy atom. The number of halogens is 4. The Morgan fingerprint density at radius 3 is 2.50 bits per heavy atom. The van der Waals surface area contributed by atoms with E-state index < -0.39 is 0 Å². The Kier molecular flexibility index (Phi) is 4.75. The SMILES string of the molecule is O=C(Cc1ccc(F)cc1Br)c1cc(Br)sc1Br. The van der Waals surface area contributed by atoms with Gasteiger partial charge in [-0.25, -0.2) is 4.39 Å². The van der Waals surface area contributed by atoms with E-state index in [0.29, 0.717) is 10.0 Å². The van der Waals surface area contributed by atoms with Gasteiger partial charge in [-0.3, -0.25) is 4.79 Å². The van der Waals surface area contributed by atoms with Crippen molar-refractivity contribution in [2.75, 3.05) is 0 Å². The fourth-order valence-electron chi connectivity index (χ4n) is 1.46. The quantitative estimate of drug-likeness (QED) is 0.549. The van der Waals surface area contributed by atoms with Crippen LogP contribution in [0.15, 0.2) is 36.3 Å². The molecular weight excluding hydrogens is 451 g/mol. The summed E-state index contributed by atoms with van der Waals surface area (Å²) in [5.41, 5.74) is 1.42. The number of hydrogen-bond donors (Lipinski definition) is 0. The van der Waals surface area contributed by atoms with Crippen molar-refractivity contribution in [2.24, 2.45) is 0 Å². The van der Waals surface area contributed by atoms with Crippen molar-refractivity contribution in [1.29, 1.82) is 0 Å². The van der Waals surface area contributed by atoms with Crippen LogP contribution in [0.25, 0.3) is 0 Å². The van der Waals surface area contributed by atoms with Crippen molar-refractivity contribution in [1.82, 2.24) is 0 Å². The summed E-state index contributed by atoms with van der Waals surface area (Å²) >= 11 is 11.4. The smallest absolute Gasteiger partial charge is 0.169 e. The van der Waals surface area contributed by atoms with Gasteiger partial charge in [0.05, 0.1) is 7.57 Å². The second-order valence-electron chi connectivity index (χ2n) is 3.57. The van der Waals surface area contributed by atoms with Crippen molar-refractivity contribution in [2.45, 2.75) is 6.42 Å². The lowest BCUT2D eigenvalue weighted by Gasteiger charge is -2.03. The molecule has 0 fully saturated rings. The zero-order valence-electron chi connectivity index (χ0n) is 8.84. The molecule has 0 aliphatic heterocycles. The van der Waals surface area contributed by atoms with E-state index in [-0.39, 0.29) is 18.0 Å². The van der Waals surface area contributed by atoms with Gasteiger partial charge in [0, 0.05) is 16.5 Å². The third-order valence-electron chi connectivity index (χ3n) is 2.32. The fraction of sp³-hybridized carbons (Fsp3) is 0.0833. The van der Waals surface area contributed by atoms with Gasteiger partial charge in [-0.05, 0) is 55.6 Å². The van der Waals surface area contributed by atoms with Crippen LogP contribution in [0.1, 0.15) is 15.9 Å². The molecule has 1 aromatic carbocycles. The zero-order chi connectivity index (χ0) is 13.3. The molecule has 0 unspecified atom stereocenters. The highest BCUT2D eigenvalue weighted by Crippen LogP contribution is 2.33. The van der Waals surface area contributed by atoms with Crippen molar-refractivity contribution >= 4 is 64.9 Å². The lowest BCUT2D eigenvalue weighted by Crippen LogP contribution is -2.03. The topological polar surface area (TPSA) is 17.1 Å². The van der Waals surface area contributed by atoms with Crippen LogP contribution in [-0.4, -0.2) is 5.78 Å². The van der Waals surface area contributed by atoms with E-state index in [1.54, 1.807) is 12.1 Å². The standard InChI is InChI=1S/C12H6Br3FOS/c13-9-4-7(16)2-1-6(9)3-10(17)8-5-11(14)18-12(8)15/h1-2,4-5H,3H2. The van der Waals surface area contributed by atoms with Crippen LogP contribution in [0.5, 0.6) is 0 Å². The molecule has 18 heavy (non-hydrogen) atoms. The summed E-state index contributed by atoms with van der Waals surface area (Å²) in [4.78, 5) is 12.1. The van der Waals surface area contributed by atoms with E-state index >= 15 is 0 Å². The van der Waals surface area contributed by atoms with Gasteiger partial charge in [-0.1, -0.05) is 22.0 Å². The zero-order valence-corrected chi connectivity index (χ0v) is 14.4. The molecular formula is C12H6Br3FOS. The maximum absolute atomic E-state index is 12.9. The molecule has 94 valence electrons. The van der Waals surface area contributed by atoms with Crippen LogP contribution in [0, 0.1) is 5.82 Å². The molecule has 0 saturated heterocycles. The van der Waals surface area contributed by atoms with Gasteiger partial charge in [0.15, 0.2) is 5.78 Å². The summed E-state index contributed by atoms with van der Waals surface area (Å²) in [5.74, 6) is -0.325. The van der Waals surface area contributed by atoms with Crippen molar-refractivity contribution in [3.63, 3.8) is 0 Å². The third kappa shape index (κ3) is 3.29. The van der Waals surface area contributed by atoms with Gasteiger partial charge >= 0.3 is 0 Å². The molecule has 6 heteroatoms. The van der Waals surface area contributed by atoms with Crippen LogP contribution in [0.4, 0.5) is 4.39 Å². The number of carbonyl (C=O) groups is 1. The monoisotopic (exact) mass is 454 g/mol. The van der Waals surface area contributed by atoms with E-state index in [1.807, 2.05) is 0 Å². The first-order valence-electron chi connectivity index (χ1n) is 4.89. The molecule has 2 rings (SSSR count). The number of benzene rings is 1. The van der Waals surface area contributed by atoms with Crippen molar-refractivity contribution in [3.8, 4) is 0 Å². The van der Waals surface area contributed by atoms with E-state index in [9.17, 15) is 9.18 Å². The number of Topliss-reactive ketones (excluding diaryl/α,β-unsaturated/α-hetero) is 1. The predicted molar refractivity (Wildman–Crippen MR) is 81.9 cm³/mol. The fourth-order valence-corrected chi connectivity index (χ4v) is 4.81. The lowest BCUT2D eigenvalue weighted by molar-refractivity contribution is 0.0992. The number of ketones is 1.